The van der Waals surface area contributed by atoms with E-state index >= 15 is 0 Å². The fourth-order valence-corrected chi connectivity index (χ4v) is 1.29. The van der Waals surface area contributed by atoms with Crippen molar-refractivity contribution in [3.05, 3.63) is 0 Å². The lowest BCUT2D eigenvalue weighted by molar-refractivity contribution is 0.119. The first-order chi connectivity index (χ1) is 6.35. The summed E-state index contributed by atoms with van der Waals surface area (Å²) in [5, 5.41) is 21.2. The van der Waals surface area contributed by atoms with Gasteiger partial charge < -0.3 is 10.4 Å². The summed E-state index contributed by atoms with van der Waals surface area (Å²) in [5.74, 6) is 0.0110. The number of nitrogens with zero attached hydrogens (tertiary/aromatic N) is 1. The number of aliphatic hydroxyl groups is 1. The van der Waals surface area contributed by atoms with E-state index in [4.69, 9.17) is 5.26 Å². The van der Waals surface area contributed by atoms with Crippen LogP contribution in [0.5, 0.6) is 0 Å². The smallest absolute Gasteiger partial charge is 0.0669 e. The molecule has 0 aromatic rings. The zero-order valence-corrected chi connectivity index (χ0v) is 9.67. The van der Waals surface area contributed by atoms with Gasteiger partial charge in [-0.15, -0.1) is 0 Å². The second kappa shape index (κ2) is 6.00. The van der Waals surface area contributed by atoms with Gasteiger partial charge in [0.05, 0.1) is 18.1 Å². The van der Waals surface area contributed by atoms with Crippen molar-refractivity contribution >= 4 is 0 Å². The third-order valence-corrected chi connectivity index (χ3v) is 1.90. The summed E-state index contributed by atoms with van der Waals surface area (Å²) < 4.78 is 0. The van der Waals surface area contributed by atoms with Gasteiger partial charge in [0.25, 0.3) is 0 Å². The van der Waals surface area contributed by atoms with Crippen LogP contribution in [0.3, 0.4) is 0 Å². The molecule has 0 saturated heterocycles. The van der Waals surface area contributed by atoms with E-state index in [1.165, 1.54) is 0 Å². The van der Waals surface area contributed by atoms with Crippen molar-refractivity contribution < 1.29 is 5.11 Å². The first-order valence-corrected chi connectivity index (χ1v) is 5.13. The van der Waals surface area contributed by atoms with Crippen molar-refractivity contribution in [3.63, 3.8) is 0 Å². The largest absolute Gasteiger partial charge is 0.392 e. The van der Waals surface area contributed by atoms with Gasteiger partial charge in [-0.3, -0.25) is 0 Å². The van der Waals surface area contributed by atoms with Gasteiger partial charge in [0.2, 0.25) is 0 Å². The zero-order chi connectivity index (χ0) is 11.2. The number of nitriles is 1. The molecule has 0 amide bonds. The highest BCUT2D eigenvalue weighted by Gasteiger charge is 2.16. The fraction of sp³-hybridized carbons (Fsp3) is 0.909. The van der Waals surface area contributed by atoms with E-state index in [0.717, 1.165) is 6.42 Å². The van der Waals surface area contributed by atoms with E-state index in [-0.39, 0.29) is 17.4 Å². The van der Waals surface area contributed by atoms with Crippen molar-refractivity contribution in [3.8, 4) is 6.07 Å². The molecule has 0 aliphatic rings. The maximum atomic E-state index is 9.62. The molecule has 3 heteroatoms. The Kier molecular flexibility index (Phi) is 5.75. The standard InChI is InChI=1S/C11H22N2O/c1-9(6-12)7-13-8-10(14)5-11(2,3)4/h9-10,13-14H,5,7-8H2,1-4H3. The van der Waals surface area contributed by atoms with Gasteiger partial charge in [-0.25, -0.2) is 0 Å². The van der Waals surface area contributed by atoms with E-state index in [9.17, 15) is 5.11 Å². The molecular formula is C11H22N2O. The molecule has 3 nitrogen and oxygen atoms in total. The fourth-order valence-electron chi connectivity index (χ4n) is 1.29. The van der Waals surface area contributed by atoms with Gasteiger partial charge in [0, 0.05) is 13.1 Å². The van der Waals surface area contributed by atoms with Crippen LogP contribution in [0, 0.1) is 22.7 Å². The van der Waals surface area contributed by atoms with Crippen molar-refractivity contribution in [2.24, 2.45) is 11.3 Å². The van der Waals surface area contributed by atoms with Crippen molar-refractivity contribution in [1.82, 2.24) is 5.32 Å². The molecule has 0 saturated carbocycles. The lowest BCUT2D eigenvalue weighted by Gasteiger charge is -2.22. The summed E-state index contributed by atoms with van der Waals surface area (Å²) in [5.41, 5.74) is 0.155. The predicted octanol–water partition coefficient (Wildman–Crippen LogP) is 1.53. The molecule has 2 N–H and O–H groups in total. The summed E-state index contributed by atoms with van der Waals surface area (Å²) in [7, 11) is 0. The summed E-state index contributed by atoms with van der Waals surface area (Å²) in [6, 6.07) is 2.14. The van der Waals surface area contributed by atoms with Gasteiger partial charge >= 0.3 is 0 Å². The van der Waals surface area contributed by atoms with Crippen LogP contribution in [0.15, 0.2) is 0 Å². The van der Waals surface area contributed by atoms with Crippen LogP contribution < -0.4 is 5.32 Å². The lowest BCUT2D eigenvalue weighted by Crippen LogP contribution is -2.32. The van der Waals surface area contributed by atoms with Crippen molar-refractivity contribution in [2.45, 2.75) is 40.2 Å². The quantitative estimate of drug-likeness (QED) is 0.704. The average Bonchev–Trinajstić information content (AvgIpc) is 2.00. The number of nitrogens with one attached hydrogen (secondary N) is 1. The van der Waals surface area contributed by atoms with Crippen LogP contribution in [0.1, 0.15) is 34.1 Å². The second-order valence-electron chi connectivity index (χ2n) is 5.11. The monoisotopic (exact) mass is 198 g/mol. The van der Waals surface area contributed by atoms with Crippen LogP contribution >= 0.6 is 0 Å². The Morgan fingerprint density at radius 3 is 2.36 bits per heavy atom. The van der Waals surface area contributed by atoms with E-state index < -0.39 is 0 Å². The second-order valence-corrected chi connectivity index (χ2v) is 5.11. The minimum atomic E-state index is -0.319. The molecule has 82 valence electrons. The van der Waals surface area contributed by atoms with E-state index in [1.54, 1.807) is 0 Å². The SMILES string of the molecule is CC(C#N)CNCC(O)CC(C)(C)C. The maximum absolute atomic E-state index is 9.62. The highest BCUT2D eigenvalue weighted by molar-refractivity contribution is 4.80. The van der Waals surface area contributed by atoms with Crippen LogP contribution in [-0.2, 0) is 0 Å². The van der Waals surface area contributed by atoms with Crippen LogP contribution in [-0.4, -0.2) is 24.3 Å². The molecule has 0 aliphatic heterocycles. The minimum absolute atomic E-state index is 0.0110. The predicted molar refractivity (Wildman–Crippen MR) is 57.7 cm³/mol. The summed E-state index contributed by atoms with van der Waals surface area (Å²) in [6.07, 6.45) is 0.460. The Labute approximate surface area is 87.1 Å². The molecular weight excluding hydrogens is 176 g/mol. The Balaban J connectivity index is 3.56. The summed E-state index contributed by atoms with van der Waals surface area (Å²) in [4.78, 5) is 0. The first kappa shape index (κ1) is 13.4. The van der Waals surface area contributed by atoms with Crippen molar-refractivity contribution in [2.75, 3.05) is 13.1 Å². The van der Waals surface area contributed by atoms with E-state index in [0.29, 0.717) is 13.1 Å². The van der Waals surface area contributed by atoms with E-state index in [1.807, 2.05) is 6.92 Å². The highest BCUT2D eigenvalue weighted by Crippen LogP contribution is 2.20. The number of hydrogen-bond donors (Lipinski definition) is 2. The van der Waals surface area contributed by atoms with Crippen LogP contribution in [0.2, 0.25) is 0 Å². The average molecular weight is 198 g/mol. The molecule has 0 heterocycles. The molecule has 0 radical (unpaired) electrons. The zero-order valence-electron chi connectivity index (χ0n) is 9.67. The Hall–Kier alpha value is -0.590. The highest BCUT2D eigenvalue weighted by atomic mass is 16.3. The number of hydrogen-bond acceptors (Lipinski definition) is 3. The van der Waals surface area contributed by atoms with Gasteiger partial charge in [0.15, 0.2) is 0 Å². The molecule has 0 fully saturated rings. The van der Waals surface area contributed by atoms with Gasteiger partial charge in [-0.1, -0.05) is 20.8 Å². The lowest BCUT2D eigenvalue weighted by atomic mass is 9.89. The van der Waals surface area contributed by atoms with Crippen LogP contribution in [0.25, 0.3) is 0 Å². The Bertz CT molecular complexity index is 190. The van der Waals surface area contributed by atoms with Gasteiger partial charge in [-0.05, 0) is 18.8 Å². The minimum Gasteiger partial charge on any atom is -0.392 e. The topological polar surface area (TPSA) is 56.0 Å². The molecule has 2 atom stereocenters. The maximum Gasteiger partial charge on any atom is 0.0669 e. The molecule has 0 rings (SSSR count). The molecule has 0 spiro atoms. The summed E-state index contributed by atoms with van der Waals surface area (Å²) >= 11 is 0. The number of rotatable bonds is 5. The molecule has 14 heavy (non-hydrogen) atoms. The first-order valence-electron chi connectivity index (χ1n) is 5.13. The normalized spacial score (nSPS) is 16.0. The third kappa shape index (κ3) is 8.03. The van der Waals surface area contributed by atoms with Crippen molar-refractivity contribution in [1.29, 1.82) is 5.26 Å². The Morgan fingerprint density at radius 1 is 1.36 bits per heavy atom. The van der Waals surface area contributed by atoms with E-state index in [2.05, 4.69) is 32.2 Å². The van der Waals surface area contributed by atoms with Gasteiger partial charge in [-0.2, -0.15) is 5.26 Å². The molecule has 0 aliphatic carbocycles. The van der Waals surface area contributed by atoms with Crippen LogP contribution in [0.4, 0.5) is 0 Å². The molecule has 0 bridgehead atoms. The molecule has 0 aromatic heterocycles. The third-order valence-electron chi connectivity index (χ3n) is 1.90. The molecule has 0 aromatic carbocycles. The molecule has 2 unspecified atom stereocenters. The number of aliphatic hydroxyl groups excluding tert-OH is 1. The Morgan fingerprint density at radius 2 is 1.93 bits per heavy atom. The van der Waals surface area contributed by atoms with Gasteiger partial charge in [0.1, 0.15) is 0 Å². The summed E-state index contributed by atoms with van der Waals surface area (Å²) in [6.45, 7) is 9.40.